The van der Waals surface area contributed by atoms with E-state index >= 15 is 0 Å². The molecule has 0 unspecified atom stereocenters. The van der Waals surface area contributed by atoms with Gasteiger partial charge in [-0.05, 0) is 74.3 Å². The van der Waals surface area contributed by atoms with E-state index in [-0.39, 0.29) is 18.4 Å². The Morgan fingerprint density at radius 1 is 1.24 bits per heavy atom. The molecule has 1 atom stereocenters. The second-order valence-corrected chi connectivity index (χ2v) is 6.63. The number of phenols is 1. The Kier molecular flexibility index (Phi) is 5.97. The zero-order chi connectivity index (χ0) is 11.7. The van der Waals surface area contributed by atoms with Crippen LogP contribution >= 0.6 is 68.9 Å². The number of phenolic OH excluding ortho intramolecular Hbond substituents is 1. The van der Waals surface area contributed by atoms with E-state index in [0.717, 1.165) is 17.6 Å². The molecule has 0 saturated carbocycles. The van der Waals surface area contributed by atoms with E-state index in [9.17, 15) is 5.11 Å². The fraction of sp³-hybridized carbons (Fsp3) is 0.0909. The van der Waals surface area contributed by atoms with Gasteiger partial charge in [0.15, 0.2) is 0 Å². The molecule has 2 aromatic rings. The highest BCUT2D eigenvalue weighted by Crippen LogP contribution is 2.32. The van der Waals surface area contributed by atoms with Crippen molar-refractivity contribution in [2.24, 2.45) is 5.73 Å². The summed E-state index contributed by atoms with van der Waals surface area (Å²) in [4.78, 5) is 1.14. The Balaban J connectivity index is 0.00000144. The molecule has 1 heterocycles. The molecule has 1 aromatic carbocycles. The Hall–Kier alpha value is 0.430. The van der Waals surface area contributed by atoms with E-state index in [1.165, 1.54) is 0 Å². The molecule has 0 spiro atoms. The highest BCUT2D eigenvalue weighted by atomic mass is 127. The van der Waals surface area contributed by atoms with Crippen molar-refractivity contribution in [3.05, 3.63) is 47.2 Å². The minimum atomic E-state index is -0.109. The van der Waals surface area contributed by atoms with Crippen LogP contribution in [0.5, 0.6) is 5.75 Å². The maximum Gasteiger partial charge on any atom is 0.142 e. The standard InChI is InChI=1S/C11H9I2NOS.ClH/c12-7-4-6(5-8(13)11(7)15)10(14)9-2-1-3-16-9;/h1-5,10,15H,14H2;1H/t10-;/m0./s1. The Morgan fingerprint density at radius 2 is 1.82 bits per heavy atom. The van der Waals surface area contributed by atoms with Crippen molar-refractivity contribution in [2.45, 2.75) is 6.04 Å². The van der Waals surface area contributed by atoms with Gasteiger partial charge in [0, 0.05) is 4.88 Å². The van der Waals surface area contributed by atoms with Crippen LogP contribution in [0.3, 0.4) is 0 Å². The molecule has 0 bridgehead atoms. The summed E-state index contributed by atoms with van der Waals surface area (Å²) in [6.07, 6.45) is 0. The predicted octanol–water partition coefficient (Wildman–Crippen LogP) is 4.13. The second-order valence-electron chi connectivity index (χ2n) is 3.33. The number of nitrogens with two attached hydrogens (primary N) is 1. The van der Waals surface area contributed by atoms with Gasteiger partial charge in [-0.25, -0.2) is 0 Å². The van der Waals surface area contributed by atoms with Gasteiger partial charge in [0.2, 0.25) is 0 Å². The number of hydrogen-bond donors (Lipinski definition) is 2. The van der Waals surface area contributed by atoms with Crippen LogP contribution in [0.15, 0.2) is 29.6 Å². The fourth-order valence-electron chi connectivity index (χ4n) is 1.40. The molecular formula is C11H10ClI2NOS. The molecule has 0 fully saturated rings. The molecule has 0 aliphatic heterocycles. The van der Waals surface area contributed by atoms with E-state index in [0.29, 0.717) is 5.75 Å². The molecular weight excluding hydrogens is 483 g/mol. The lowest BCUT2D eigenvalue weighted by Crippen LogP contribution is -2.10. The van der Waals surface area contributed by atoms with Gasteiger partial charge in [-0.1, -0.05) is 6.07 Å². The number of benzene rings is 1. The third kappa shape index (κ3) is 3.46. The molecule has 3 N–H and O–H groups in total. The predicted molar refractivity (Wildman–Crippen MR) is 91.1 cm³/mol. The summed E-state index contributed by atoms with van der Waals surface area (Å²) in [7, 11) is 0. The van der Waals surface area contributed by atoms with Crippen molar-refractivity contribution in [3.63, 3.8) is 0 Å². The van der Waals surface area contributed by atoms with Crippen molar-refractivity contribution in [1.29, 1.82) is 0 Å². The average molecular weight is 494 g/mol. The first kappa shape index (κ1) is 15.5. The van der Waals surface area contributed by atoms with E-state index in [1.54, 1.807) is 11.3 Å². The molecule has 0 aliphatic carbocycles. The van der Waals surface area contributed by atoms with Crippen molar-refractivity contribution in [1.82, 2.24) is 0 Å². The zero-order valence-electron chi connectivity index (χ0n) is 8.56. The zero-order valence-corrected chi connectivity index (χ0v) is 14.5. The molecule has 2 rings (SSSR count). The fourth-order valence-corrected chi connectivity index (χ4v) is 3.97. The highest BCUT2D eigenvalue weighted by Gasteiger charge is 2.13. The monoisotopic (exact) mass is 493 g/mol. The van der Waals surface area contributed by atoms with Crippen molar-refractivity contribution in [2.75, 3.05) is 0 Å². The summed E-state index contributed by atoms with van der Waals surface area (Å²) in [5, 5.41) is 11.7. The third-order valence-corrected chi connectivity index (χ3v) is 4.85. The summed E-state index contributed by atoms with van der Waals surface area (Å²) in [6, 6.07) is 7.78. The Labute approximate surface area is 137 Å². The molecule has 17 heavy (non-hydrogen) atoms. The van der Waals surface area contributed by atoms with Crippen LogP contribution in [0.4, 0.5) is 0 Å². The van der Waals surface area contributed by atoms with Crippen molar-refractivity contribution < 1.29 is 5.11 Å². The Bertz CT molecular complexity index is 481. The maximum atomic E-state index is 9.69. The molecule has 92 valence electrons. The van der Waals surface area contributed by atoms with Gasteiger partial charge in [0.25, 0.3) is 0 Å². The van der Waals surface area contributed by atoms with Crippen LogP contribution in [0, 0.1) is 7.14 Å². The van der Waals surface area contributed by atoms with Crippen LogP contribution in [-0.2, 0) is 0 Å². The molecule has 0 saturated heterocycles. The minimum absolute atomic E-state index is 0. The van der Waals surface area contributed by atoms with Crippen molar-refractivity contribution >= 4 is 68.9 Å². The maximum absolute atomic E-state index is 9.69. The molecule has 0 amide bonds. The molecule has 0 aliphatic rings. The van der Waals surface area contributed by atoms with Gasteiger partial charge in [-0.2, -0.15) is 0 Å². The number of aromatic hydroxyl groups is 1. The van der Waals surface area contributed by atoms with Crippen LogP contribution in [0.2, 0.25) is 0 Å². The van der Waals surface area contributed by atoms with Crippen molar-refractivity contribution in [3.8, 4) is 5.75 Å². The third-order valence-electron chi connectivity index (χ3n) is 2.25. The van der Waals surface area contributed by atoms with Gasteiger partial charge >= 0.3 is 0 Å². The van der Waals surface area contributed by atoms with Crippen LogP contribution in [0.1, 0.15) is 16.5 Å². The van der Waals surface area contributed by atoms with E-state index < -0.39 is 0 Å². The largest absolute Gasteiger partial charge is 0.506 e. The van der Waals surface area contributed by atoms with E-state index in [4.69, 9.17) is 5.73 Å². The lowest BCUT2D eigenvalue weighted by Gasteiger charge is -2.12. The summed E-state index contributed by atoms with van der Waals surface area (Å²) in [6.45, 7) is 0. The normalized spacial score (nSPS) is 11.9. The van der Waals surface area contributed by atoms with Gasteiger partial charge in [0.05, 0.1) is 13.2 Å². The SMILES string of the molecule is Cl.N[C@@H](c1cc(I)c(O)c(I)c1)c1cccs1. The number of rotatable bonds is 2. The first-order chi connectivity index (χ1) is 7.59. The first-order valence-electron chi connectivity index (χ1n) is 4.56. The highest BCUT2D eigenvalue weighted by molar-refractivity contribution is 14.1. The van der Waals surface area contributed by atoms with Crippen LogP contribution in [0.25, 0.3) is 0 Å². The number of halogens is 3. The first-order valence-corrected chi connectivity index (χ1v) is 7.60. The van der Waals surface area contributed by atoms with Gasteiger partial charge in [0.1, 0.15) is 5.75 Å². The van der Waals surface area contributed by atoms with Gasteiger partial charge < -0.3 is 10.8 Å². The quantitative estimate of drug-likeness (QED) is 0.618. The number of thiophene rings is 1. The Morgan fingerprint density at radius 3 is 2.29 bits per heavy atom. The average Bonchev–Trinajstić information content (AvgIpc) is 2.77. The molecule has 0 radical (unpaired) electrons. The summed E-state index contributed by atoms with van der Waals surface area (Å²) in [5.74, 6) is 0.336. The van der Waals surface area contributed by atoms with E-state index in [1.807, 2.05) is 29.6 Å². The summed E-state index contributed by atoms with van der Waals surface area (Å²) in [5.41, 5.74) is 7.21. The van der Waals surface area contributed by atoms with Crippen LogP contribution < -0.4 is 5.73 Å². The van der Waals surface area contributed by atoms with E-state index in [2.05, 4.69) is 45.2 Å². The minimum Gasteiger partial charge on any atom is -0.506 e. The molecule has 6 heteroatoms. The van der Waals surface area contributed by atoms with Crippen LogP contribution in [-0.4, -0.2) is 5.11 Å². The van der Waals surface area contributed by atoms with Gasteiger partial charge in [-0.3, -0.25) is 0 Å². The molecule has 1 aromatic heterocycles. The number of hydrogen-bond acceptors (Lipinski definition) is 3. The lowest BCUT2D eigenvalue weighted by atomic mass is 10.1. The smallest absolute Gasteiger partial charge is 0.142 e. The molecule has 2 nitrogen and oxygen atoms in total. The topological polar surface area (TPSA) is 46.2 Å². The second kappa shape index (κ2) is 6.55. The lowest BCUT2D eigenvalue weighted by molar-refractivity contribution is 0.467. The summed E-state index contributed by atoms with van der Waals surface area (Å²) < 4.78 is 1.68. The van der Waals surface area contributed by atoms with Gasteiger partial charge in [-0.15, -0.1) is 23.7 Å². The summed E-state index contributed by atoms with van der Waals surface area (Å²) >= 11 is 5.89.